The third-order valence-corrected chi connectivity index (χ3v) is 10.1. The fourth-order valence-corrected chi connectivity index (χ4v) is 7.47. The normalized spacial score (nSPS) is 30.3. The van der Waals surface area contributed by atoms with Crippen LogP contribution in [0.5, 0.6) is 0 Å². The second-order valence-corrected chi connectivity index (χ2v) is 14.5. The van der Waals surface area contributed by atoms with Crippen molar-refractivity contribution >= 4 is 46.4 Å². The smallest absolute Gasteiger partial charge is 0.387 e. The van der Waals surface area contributed by atoms with Crippen LogP contribution in [0.1, 0.15) is 22.8 Å². The van der Waals surface area contributed by atoms with Crippen molar-refractivity contribution in [1.82, 2.24) is 19.5 Å². The number of carbonyl (C=O) groups excluding carboxylic acids is 1. The number of carbonyl (C=O) groups is 1. The van der Waals surface area contributed by atoms with Crippen LogP contribution in [0.3, 0.4) is 0 Å². The first-order valence-electron chi connectivity index (χ1n) is 13.3. The van der Waals surface area contributed by atoms with Crippen molar-refractivity contribution in [3.8, 4) is 0 Å². The van der Waals surface area contributed by atoms with Crippen LogP contribution in [0.25, 0.3) is 11.2 Å². The number of pyridine rings is 1. The number of phosphoric acid groups is 3. The summed E-state index contributed by atoms with van der Waals surface area (Å²) in [5.41, 5.74) is 11.1. The van der Waals surface area contributed by atoms with Crippen LogP contribution >= 0.6 is 23.5 Å². The molecule has 48 heavy (non-hydrogen) atoms. The number of primary amides is 1. The highest BCUT2D eigenvalue weighted by Gasteiger charge is 2.51. The molecule has 0 saturated carbocycles. The van der Waals surface area contributed by atoms with E-state index in [1.54, 1.807) is 0 Å². The maximum Gasteiger partial charge on any atom is 0.481 e. The Kier molecular flexibility index (Phi) is 10.5. The number of imidazole rings is 1. The topological polar surface area (TPSA) is 365 Å². The second-order valence-electron chi connectivity index (χ2n) is 10.3. The van der Waals surface area contributed by atoms with Crippen LogP contribution in [-0.4, -0.2) is 110 Å². The fourth-order valence-electron chi connectivity index (χ4n) is 4.83. The van der Waals surface area contributed by atoms with Gasteiger partial charge in [0.15, 0.2) is 36.2 Å². The summed E-state index contributed by atoms with van der Waals surface area (Å²) in [4.78, 5) is 62.2. The molecule has 10 atom stereocenters. The molecule has 0 bridgehead atoms. The Hall–Kier alpha value is -2.86. The van der Waals surface area contributed by atoms with E-state index >= 15 is 0 Å². The SMILES string of the molecule is NC(=O)c1ccc[n+]([13C@@H]2O[13C@H]([13CH2]OP(=O)(O)OP(=O)(O)OC[C@H]3O[C@@H](n4cnc5c(N)ncnc54)[C@H](OP(=O)(O)O)[C@@H]3O)[13C@H](O)[13C@H]2O)c1. The zero-order valence-corrected chi connectivity index (χ0v) is 26.6. The number of anilines is 1. The quantitative estimate of drug-likeness (QED) is 0.0481. The minimum absolute atomic E-state index is 0.00286. The molecule has 24 nitrogen and oxygen atoms in total. The molecule has 2 saturated heterocycles. The van der Waals surface area contributed by atoms with Gasteiger partial charge in [-0.05, 0) is 6.07 Å². The van der Waals surface area contributed by atoms with Crippen molar-refractivity contribution in [1.29, 1.82) is 0 Å². The van der Waals surface area contributed by atoms with Gasteiger partial charge >= 0.3 is 23.5 Å². The molecule has 1 amide bonds. The van der Waals surface area contributed by atoms with Crippen LogP contribution < -0.4 is 16.0 Å². The number of phosphoric ester groups is 3. The minimum atomic E-state index is -5.52. The Morgan fingerprint density at radius 3 is 2.23 bits per heavy atom. The lowest BCUT2D eigenvalue weighted by Crippen LogP contribution is -2.46. The first-order chi connectivity index (χ1) is 22.4. The van der Waals surface area contributed by atoms with Crippen molar-refractivity contribution in [2.24, 2.45) is 5.73 Å². The Balaban J connectivity index is 1.21. The molecule has 5 heterocycles. The van der Waals surface area contributed by atoms with E-state index in [1.807, 2.05) is 0 Å². The summed E-state index contributed by atoms with van der Waals surface area (Å²) >= 11 is 0. The molecule has 2 unspecified atom stereocenters. The number of hydrogen-bond acceptors (Lipinski definition) is 17. The molecule has 11 N–H and O–H groups in total. The Bertz CT molecular complexity index is 1810. The standard InChI is InChI=1S/C21H28N7O17P3/c22-17-12-19(25-7-24-17)28(8-26-12)21-16(44-46(33,34)35)14(30)11(43-21)6-41-48(38,39)45-47(36,37)40-5-10-13(29)15(31)20(42-10)27-3-1-2-9(4-27)18(23)32/h1-4,7-8,10-11,13-16,20-21,29-31H,5-6H2,(H7-,22,23,24,25,32,33,34,35,36,37,38,39)/p+1/t10-,11-,13+,14-,15-,16-,20-,21-/m1/s1/i5+1,10+1,13+1,15+1,20+1. The van der Waals surface area contributed by atoms with E-state index in [9.17, 15) is 53.4 Å². The fraction of sp³-hybridized carbons (Fsp3) is 0.476. The predicted molar refractivity (Wildman–Crippen MR) is 150 cm³/mol. The molecule has 0 aromatic carbocycles. The van der Waals surface area contributed by atoms with E-state index in [0.717, 1.165) is 17.2 Å². The minimum Gasteiger partial charge on any atom is -0.387 e. The van der Waals surface area contributed by atoms with Crippen molar-refractivity contribution in [2.45, 2.75) is 49.1 Å². The molecule has 0 radical (unpaired) electrons. The summed E-state index contributed by atoms with van der Waals surface area (Å²) < 4.78 is 68.4. The summed E-state index contributed by atoms with van der Waals surface area (Å²) in [5.74, 6) is -0.848. The summed E-state index contributed by atoms with van der Waals surface area (Å²) in [6.45, 7) is -2.03. The van der Waals surface area contributed by atoms with Crippen molar-refractivity contribution < 1.29 is 85.3 Å². The van der Waals surface area contributed by atoms with E-state index in [1.165, 1.54) is 29.1 Å². The van der Waals surface area contributed by atoms with Gasteiger partial charge in [-0.1, -0.05) is 0 Å². The number of aliphatic hydroxyl groups is 3. The number of nitrogens with zero attached hydrogens (tertiary/aromatic N) is 5. The van der Waals surface area contributed by atoms with Gasteiger partial charge in [0.1, 0.15) is 47.9 Å². The lowest BCUT2D eigenvalue weighted by atomic mass is 10.1. The molecule has 0 aliphatic carbocycles. The lowest BCUT2D eigenvalue weighted by molar-refractivity contribution is -0.765. The van der Waals surface area contributed by atoms with Gasteiger partial charge < -0.3 is 55.8 Å². The first kappa shape index (κ1) is 36.4. The van der Waals surface area contributed by atoms with Crippen molar-refractivity contribution in [3.05, 3.63) is 42.7 Å². The highest BCUT2D eigenvalue weighted by atomic mass is 31.3. The number of hydrogen-bond donors (Lipinski definition) is 9. The third-order valence-electron chi connectivity index (χ3n) is 6.98. The molecule has 27 heteroatoms. The largest absolute Gasteiger partial charge is 0.481 e. The van der Waals surface area contributed by atoms with Gasteiger partial charge in [0, 0.05) is 6.07 Å². The van der Waals surface area contributed by atoms with E-state index in [4.69, 9.17) is 30.0 Å². The van der Waals surface area contributed by atoms with Gasteiger partial charge in [-0.15, -0.1) is 0 Å². The molecule has 0 spiro atoms. The number of nitrogen functional groups attached to an aromatic ring is 1. The van der Waals surface area contributed by atoms with Crippen molar-refractivity contribution in [2.75, 3.05) is 18.9 Å². The van der Waals surface area contributed by atoms with E-state index in [2.05, 4.69) is 23.8 Å². The van der Waals surface area contributed by atoms with Gasteiger partial charge in [0.2, 0.25) is 0 Å². The molecule has 3 aromatic heterocycles. The number of amides is 1. The summed E-state index contributed by atoms with van der Waals surface area (Å²) in [6, 6.07) is 2.79. The van der Waals surface area contributed by atoms with Gasteiger partial charge in [-0.3, -0.25) is 22.9 Å². The van der Waals surface area contributed by atoms with Gasteiger partial charge in [-0.2, -0.15) is 8.88 Å². The first-order valence-corrected chi connectivity index (χ1v) is 17.9. The lowest BCUT2D eigenvalue weighted by Gasteiger charge is -2.22. The van der Waals surface area contributed by atoms with Crippen molar-refractivity contribution in [3.63, 3.8) is 0 Å². The number of aromatic nitrogens is 5. The number of fused-ring (bicyclic) bond motifs is 1. The van der Waals surface area contributed by atoms with Crippen LogP contribution in [0.2, 0.25) is 0 Å². The molecule has 2 fully saturated rings. The number of nitrogens with two attached hydrogens (primary N) is 2. The highest BCUT2D eigenvalue weighted by molar-refractivity contribution is 7.61. The molecule has 3 aromatic rings. The van der Waals surface area contributed by atoms with Gasteiger partial charge in [-0.25, -0.2) is 28.6 Å². The number of ether oxygens (including phenoxy) is 2. The molecule has 2 aliphatic heterocycles. The molecule has 264 valence electrons. The van der Waals surface area contributed by atoms with E-state index in [0.29, 0.717) is 0 Å². The Morgan fingerprint density at radius 2 is 1.60 bits per heavy atom. The average Bonchev–Trinajstić information content (AvgIpc) is 3.64. The average molecular weight is 749 g/mol. The van der Waals surface area contributed by atoms with Gasteiger partial charge in [0.25, 0.3) is 12.1 Å². The van der Waals surface area contributed by atoms with Crippen LogP contribution in [0.4, 0.5) is 5.82 Å². The molecular weight excluding hydrogens is 720 g/mol. The van der Waals surface area contributed by atoms with Crippen LogP contribution in [0, 0.1) is 0 Å². The van der Waals surface area contributed by atoms with Gasteiger partial charge in [0.05, 0.1) is 19.5 Å². The summed E-state index contributed by atoms with van der Waals surface area (Å²) in [7, 11) is -16.3. The maximum atomic E-state index is 12.6. The monoisotopic (exact) mass is 749 g/mol. The molecule has 5 rings (SSSR count). The van der Waals surface area contributed by atoms with E-state index < -0.39 is 91.7 Å². The highest BCUT2D eigenvalue weighted by Crippen LogP contribution is 2.61. The summed E-state index contributed by atoms with van der Waals surface area (Å²) in [6.07, 6.45) is -8.39. The number of rotatable bonds is 13. The van der Waals surface area contributed by atoms with Crippen LogP contribution in [-0.2, 0) is 41.1 Å². The third kappa shape index (κ3) is 8.12. The molecule has 2 aliphatic rings. The van der Waals surface area contributed by atoms with E-state index in [-0.39, 0.29) is 22.5 Å². The Labute approximate surface area is 267 Å². The maximum absolute atomic E-state index is 12.6. The zero-order chi connectivity index (χ0) is 35.2. The predicted octanol–water partition coefficient (Wildman–Crippen LogP) is -2.90. The summed E-state index contributed by atoms with van der Waals surface area (Å²) in [5, 5.41) is 31.5. The Morgan fingerprint density at radius 1 is 0.958 bits per heavy atom. The van der Waals surface area contributed by atoms with Crippen LogP contribution in [0.15, 0.2) is 37.2 Å². The molecular formula is C21H29N7O17P3+. The second kappa shape index (κ2) is 13.8. The zero-order valence-electron chi connectivity index (χ0n) is 23.9. The number of aliphatic hydroxyl groups excluding tert-OH is 3.